The Kier molecular flexibility index (Phi) is 9.81. The Morgan fingerprint density at radius 3 is 2.41 bits per heavy atom. The van der Waals surface area contributed by atoms with Crippen LogP contribution in [-0.4, -0.2) is 49.6 Å². The zero-order chi connectivity index (χ0) is 32.2. The molecule has 1 atom stereocenters. The molecule has 0 amide bonds. The Bertz CT molecular complexity index is 1760. The van der Waals surface area contributed by atoms with Crippen LogP contribution in [0.3, 0.4) is 0 Å². The van der Waals surface area contributed by atoms with E-state index < -0.39 is 43.5 Å². The van der Waals surface area contributed by atoms with E-state index in [1.807, 2.05) is 25.5 Å². The molecule has 0 aliphatic rings. The molecule has 0 radical (unpaired) electrons. The van der Waals surface area contributed by atoms with E-state index in [2.05, 4.69) is 27.2 Å². The first kappa shape index (κ1) is 32.7. The van der Waals surface area contributed by atoms with Crippen molar-refractivity contribution in [2.75, 3.05) is 30.2 Å². The molecular formula is C29H32F3N7O3S2. The molecule has 2 heterocycles. The maximum atomic E-state index is 16.0. The predicted molar refractivity (Wildman–Crippen MR) is 165 cm³/mol. The van der Waals surface area contributed by atoms with Crippen LogP contribution in [0.1, 0.15) is 25.8 Å². The van der Waals surface area contributed by atoms with Crippen molar-refractivity contribution in [3.63, 3.8) is 0 Å². The topological polar surface area (TPSA) is 144 Å². The van der Waals surface area contributed by atoms with Crippen molar-refractivity contribution in [1.29, 1.82) is 0 Å². The fourth-order valence-corrected chi connectivity index (χ4v) is 6.30. The fraction of sp³-hybridized carbons (Fsp3) is 0.276. The summed E-state index contributed by atoms with van der Waals surface area (Å²) < 4.78 is 77.4. The molecule has 4 rings (SSSR count). The number of hydrogen-bond acceptors (Lipinski definition) is 10. The molecule has 234 valence electrons. The molecule has 0 bridgehead atoms. The first-order chi connectivity index (χ1) is 20.7. The van der Waals surface area contributed by atoms with Crippen molar-refractivity contribution < 1.29 is 26.3 Å². The van der Waals surface area contributed by atoms with Gasteiger partial charge in [0.15, 0.2) is 16.6 Å². The molecule has 0 saturated carbocycles. The number of methoxy groups -OCH3 is 1. The average molecular weight is 648 g/mol. The summed E-state index contributed by atoms with van der Waals surface area (Å²) in [5.41, 5.74) is 5.50. The molecule has 44 heavy (non-hydrogen) atoms. The first-order valence-corrected chi connectivity index (χ1v) is 15.6. The maximum absolute atomic E-state index is 16.0. The minimum absolute atomic E-state index is 0.0421. The lowest BCUT2D eigenvalue weighted by atomic mass is 9.98. The summed E-state index contributed by atoms with van der Waals surface area (Å²) in [6.07, 6.45) is 1.54. The number of rotatable bonds is 12. The number of ether oxygens (including phenoxy) is 1. The van der Waals surface area contributed by atoms with Gasteiger partial charge in [0.2, 0.25) is 5.95 Å². The van der Waals surface area contributed by atoms with Crippen molar-refractivity contribution >= 4 is 33.0 Å². The van der Waals surface area contributed by atoms with Gasteiger partial charge in [-0.3, -0.25) is 4.72 Å². The van der Waals surface area contributed by atoms with E-state index in [1.54, 1.807) is 6.07 Å². The van der Waals surface area contributed by atoms with E-state index in [1.165, 1.54) is 36.8 Å². The minimum atomic E-state index is -4.82. The first-order valence-electron chi connectivity index (χ1n) is 13.3. The summed E-state index contributed by atoms with van der Waals surface area (Å²) >= 11 is 1.30. The molecule has 2 aromatic carbocycles. The van der Waals surface area contributed by atoms with Gasteiger partial charge >= 0.3 is 0 Å². The molecule has 2 aromatic heterocycles. The summed E-state index contributed by atoms with van der Waals surface area (Å²) in [5, 5.41) is 6.81. The van der Waals surface area contributed by atoms with Gasteiger partial charge in [0.05, 0.1) is 40.1 Å². The number of halogens is 3. The van der Waals surface area contributed by atoms with E-state index in [4.69, 9.17) is 15.5 Å². The monoisotopic (exact) mass is 647 g/mol. The van der Waals surface area contributed by atoms with Crippen LogP contribution in [0.15, 0.2) is 66.0 Å². The van der Waals surface area contributed by atoms with Gasteiger partial charge in [0.1, 0.15) is 11.6 Å². The highest BCUT2D eigenvalue weighted by Crippen LogP contribution is 2.42. The zero-order valence-electron chi connectivity index (χ0n) is 24.4. The SMILES string of the molecule is C=C(N[C@@H](CN)CNc1nccc(-c2sc(C(C)(C)C)nc2-c2cccc(NS(=O)(=O)c3c(F)cccc3F)c2F)n1)OC. The van der Waals surface area contributed by atoms with Gasteiger partial charge in [0.25, 0.3) is 10.0 Å². The summed E-state index contributed by atoms with van der Waals surface area (Å²) in [5.74, 6) is -2.97. The number of sulfonamides is 1. The summed E-state index contributed by atoms with van der Waals surface area (Å²) in [4.78, 5) is 12.9. The Hall–Kier alpha value is -4.21. The Morgan fingerprint density at radius 2 is 1.77 bits per heavy atom. The molecule has 15 heteroatoms. The van der Waals surface area contributed by atoms with Gasteiger partial charge in [-0.2, -0.15) is 0 Å². The van der Waals surface area contributed by atoms with E-state index in [9.17, 15) is 17.2 Å². The molecule has 0 fully saturated rings. The van der Waals surface area contributed by atoms with Crippen molar-refractivity contribution in [1.82, 2.24) is 20.3 Å². The third-order valence-corrected chi connectivity index (χ3v) is 9.17. The molecule has 4 aromatic rings. The molecule has 5 N–H and O–H groups in total. The molecular weight excluding hydrogens is 615 g/mol. The number of nitrogens with two attached hydrogens (primary N) is 1. The van der Waals surface area contributed by atoms with Crippen LogP contribution in [0, 0.1) is 17.5 Å². The number of thiazole rings is 1. The number of nitrogens with zero attached hydrogens (tertiary/aromatic N) is 3. The van der Waals surface area contributed by atoms with E-state index in [0.717, 1.165) is 24.3 Å². The van der Waals surface area contributed by atoms with Gasteiger partial charge in [0, 0.05) is 30.3 Å². The lowest BCUT2D eigenvalue weighted by Crippen LogP contribution is -2.41. The van der Waals surface area contributed by atoms with Gasteiger partial charge in [-0.1, -0.05) is 32.9 Å². The van der Waals surface area contributed by atoms with Crippen LogP contribution >= 0.6 is 11.3 Å². The van der Waals surface area contributed by atoms with Crippen LogP contribution in [0.25, 0.3) is 21.8 Å². The third kappa shape index (κ3) is 7.29. The molecule has 0 aliphatic heterocycles. The van der Waals surface area contributed by atoms with Crippen molar-refractivity contribution in [3.05, 3.63) is 83.6 Å². The normalized spacial score (nSPS) is 12.5. The molecule has 0 spiro atoms. The second-order valence-electron chi connectivity index (χ2n) is 10.6. The average Bonchev–Trinajstić information content (AvgIpc) is 3.42. The Balaban J connectivity index is 1.73. The third-order valence-electron chi connectivity index (χ3n) is 6.25. The molecule has 0 aliphatic carbocycles. The van der Waals surface area contributed by atoms with Gasteiger partial charge in [-0.15, -0.1) is 11.3 Å². The predicted octanol–water partition coefficient (Wildman–Crippen LogP) is 5.23. The van der Waals surface area contributed by atoms with Gasteiger partial charge in [-0.05, 0) is 36.9 Å². The number of benzene rings is 2. The van der Waals surface area contributed by atoms with E-state index >= 15 is 4.39 Å². The van der Waals surface area contributed by atoms with Crippen molar-refractivity contribution in [3.8, 4) is 21.8 Å². The highest BCUT2D eigenvalue weighted by molar-refractivity contribution is 7.92. The highest BCUT2D eigenvalue weighted by Gasteiger charge is 2.28. The lowest BCUT2D eigenvalue weighted by Gasteiger charge is -2.19. The van der Waals surface area contributed by atoms with Crippen molar-refractivity contribution in [2.45, 2.75) is 37.1 Å². The second kappa shape index (κ2) is 13.2. The van der Waals surface area contributed by atoms with Crippen LogP contribution in [-0.2, 0) is 20.2 Å². The van der Waals surface area contributed by atoms with Gasteiger partial charge < -0.3 is 21.1 Å². The van der Waals surface area contributed by atoms with Crippen LogP contribution in [0.2, 0.25) is 0 Å². The fourth-order valence-electron chi connectivity index (χ4n) is 3.99. The summed E-state index contributed by atoms with van der Waals surface area (Å²) in [6, 6.07) is 8.03. The number of hydrogen-bond donors (Lipinski definition) is 4. The Morgan fingerprint density at radius 1 is 1.09 bits per heavy atom. The minimum Gasteiger partial charge on any atom is -0.483 e. The number of nitrogens with one attached hydrogen (secondary N) is 3. The number of anilines is 2. The lowest BCUT2D eigenvalue weighted by molar-refractivity contribution is 0.253. The van der Waals surface area contributed by atoms with Crippen LogP contribution in [0.4, 0.5) is 24.8 Å². The quantitative estimate of drug-likeness (QED) is 0.152. The zero-order valence-corrected chi connectivity index (χ0v) is 26.0. The number of aromatic nitrogens is 3. The largest absolute Gasteiger partial charge is 0.483 e. The standard InChI is InChI=1S/C29H32F3N7O3S2/c1-16(42-5)36-17(14-33)15-35-28-34-13-12-22(37-28)25-24(38-27(43-25)29(2,3)4)18-8-6-11-21(23(18)32)39-44(40,41)26-19(30)9-7-10-20(26)31/h6-13,17,36,39H,1,14-15,33H2,2-5H3,(H,34,35,37)/t17-/m0/s1. The molecule has 0 unspecified atom stereocenters. The maximum Gasteiger partial charge on any atom is 0.267 e. The van der Waals surface area contributed by atoms with E-state index in [-0.39, 0.29) is 29.8 Å². The molecule has 10 nitrogen and oxygen atoms in total. The van der Waals surface area contributed by atoms with Gasteiger partial charge in [-0.25, -0.2) is 36.5 Å². The smallest absolute Gasteiger partial charge is 0.267 e. The second-order valence-corrected chi connectivity index (χ2v) is 13.2. The van der Waals surface area contributed by atoms with Crippen LogP contribution in [0.5, 0.6) is 0 Å². The Labute approximate surface area is 257 Å². The van der Waals surface area contributed by atoms with Crippen molar-refractivity contribution in [2.24, 2.45) is 5.73 Å². The summed E-state index contributed by atoms with van der Waals surface area (Å²) in [6.45, 7) is 10.2. The molecule has 0 saturated heterocycles. The highest BCUT2D eigenvalue weighted by atomic mass is 32.2. The van der Waals surface area contributed by atoms with Crippen LogP contribution < -0.4 is 21.1 Å². The summed E-state index contributed by atoms with van der Waals surface area (Å²) in [7, 11) is -3.34. The van der Waals surface area contributed by atoms with E-state index in [0.29, 0.717) is 28.0 Å².